The first kappa shape index (κ1) is 38.3. The Morgan fingerprint density at radius 1 is 0.706 bits per heavy atom. The van der Waals surface area contributed by atoms with Crippen LogP contribution in [0.15, 0.2) is 54.6 Å². The number of benzene rings is 3. The van der Waals surface area contributed by atoms with E-state index in [9.17, 15) is 19.7 Å². The number of hydrogen-bond donors (Lipinski definition) is 4. The van der Waals surface area contributed by atoms with Crippen molar-refractivity contribution in [2.75, 3.05) is 0 Å². The zero-order chi connectivity index (χ0) is 38.1. The number of nitrogens with zero attached hydrogens (tertiary/aromatic N) is 4. The number of aryl methyl sites for hydroxylation is 7. The molecule has 0 bridgehead atoms. The molecule has 0 fully saturated rings. The highest BCUT2D eigenvalue weighted by atomic mass is 16.6. The number of carbonyl (C=O) groups is 2. The van der Waals surface area contributed by atoms with Crippen molar-refractivity contribution in [2.45, 2.75) is 66.5 Å². The summed E-state index contributed by atoms with van der Waals surface area (Å²) in [6.07, 6.45) is 0.421. The number of nitro benzene ring substituents is 1. The van der Waals surface area contributed by atoms with Crippen LogP contribution in [-0.2, 0) is 43.6 Å². The van der Waals surface area contributed by atoms with Gasteiger partial charge in [0.25, 0.3) is 5.69 Å². The molecule has 0 aliphatic carbocycles. The second-order valence-corrected chi connectivity index (χ2v) is 13.3. The Hall–Kier alpha value is -5.46. The van der Waals surface area contributed by atoms with Gasteiger partial charge in [-0.25, -0.2) is 0 Å². The number of non-ortho nitro benzene ring substituents is 1. The highest BCUT2D eigenvalue weighted by molar-refractivity contribution is 5.96. The summed E-state index contributed by atoms with van der Waals surface area (Å²) < 4.78 is 6.20. The first-order valence-corrected chi connectivity index (χ1v) is 16.6. The summed E-state index contributed by atoms with van der Waals surface area (Å²) in [5.41, 5.74) is 22.8. The van der Waals surface area contributed by atoms with E-state index in [1.807, 2.05) is 51.6 Å². The van der Waals surface area contributed by atoms with E-state index in [1.54, 1.807) is 6.07 Å². The third-order valence-corrected chi connectivity index (χ3v) is 9.95. The molecule has 0 amide bonds. The van der Waals surface area contributed by atoms with Crippen molar-refractivity contribution in [1.82, 2.24) is 13.7 Å². The first-order valence-electron chi connectivity index (χ1n) is 16.6. The summed E-state index contributed by atoms with van der Waals surface area (Å²) in [6.45, 7) is 12.0. The van der Waals surface area contributed by atoms with Crippen LogP contribution in [-0.4, -0.2) is 52.9 Å². The van der Waals surface area contributed by atoms with Crippen molar-refractivity contribution in [1.29, 1.82) is 0 Å². The maximum absolute atomic E-state index is 11.3. The molecule has 0 aliphatic rings. The molecule has 12 heteroatoms. The molecule has 0 spiro atoms. The fourth-order valence-electron chi connectivity index (χ4n) is 6.91. The van der Waals surface area contributed by atoms with Gasteiger partial charge in [0.05, 0.1) is 26.9 Å². The minimum absolute atomic E-state index is 0.0214. The van der Waals surface area contributed by atoms with Gasteiger partial charge in [-0.05, 0) is 75.4 Å². The Bertz CT molecular complexity index is 2290. The van der Waals surface area contributed by atoms with E-state index in [2.05, 4.69) is 67.3 Å². The molecular formula is C39H48N6O6. The maximum Gasteiger partial charge on any atom is 0.320 e. The van der Waals surface area contributed by atoms with Crippen molar-refractivity contribution >= 4 is 50.3 Å². The van der Waals surface area contributed by atoms with E-state index in [-0.39, 0.29) is 12.1 Å². The number of nitro groups is 1. The number of hydrogen-bond acceptors (Lipinski definition) is 6. The molecule has 12 nitrogen and oxygen atoms in total. The van der Waals surface area contributed by atoms with Crippen molar-refractivity contribution in [3.8, 4) is 0 Å². The Balaban J connectivity index is 0.000000177. The second-order valence-electron chi connectivity index (χ2n) is 13.3. The summed E-state index contributed by atoms with van der Waals surface area (Å²) in [6, 6.07) is 15.9. The second kappa shape index (κ2) is 15.2. The molecule has 0 radical (unpaired) electrons. The van der Waals surface area contributed by atoms with Crippen molar-refractivity contribution < 1.29 is 24.7 Å². The average molecular weight is 697 g/mol. The van der Waals surface area contributed by atoms with Gasteiger partial charge < -0.3 is 35.4 Å². The lowest BCUT2D eigenvalue weighted by Crippen LogP contribution is -2.32. The average Bonchev–Trinajstić information content (AvgIpc) is 3.60. The van der Waals surface area contributed by atoms with Gasteiger partial charge in [-0.2, -0.15) is 0 Å². The van der Waals surface area contributed by atoms with Gasteiger partial charge in [0, 0.05) is 67.9 Å². The number of carboxylic acids is 2. The SMILES string of the molecule is Cc1ccc([N+](=O)[O-])c2c(CC(N)C(=O)O)c(C)n(C)c12.Cc1cccc2c(CC(N)C(=O)O)c(C)n(C)c12.Cc1cccc2cc(C)n(C)c12. The standard InChI is InChI=1S/C14H17N3O4.C14H18N2O2.C11H13N/c1-7-4-5-11(17(20)21)12-9(6-10(15)14(18)19)8(2)16(3)13(7)12;1-8-5-4-6-10-11(7-12(15)14(17)18)9(2)16(3)13(8)10;1-8-5-4-6-10-7-9(2)12(3)11(8)10/h4-5,10H,6,15H2,1-3H3,(H,18,19);4-6,12H,7,15H2,1-3H3,(H,17,18);4-7H,1-3H3. The third-order valence-electron chi connectivity index (χ3n) is 9.95. The van der Waals surface area contributed by atoms with Crippen LogP contribution >= 0.6 is 0 Å². The quantitative estimate of drug-likeness (QED) is 0.112. The molecule has 0 saturated carbocycles. The summed E-state index contributed by atoms with van der Waals surface area (Å²) in [5, 5.41) is 32.1. The highest BCUT2D eigenvalue weighted by Gasteiger charge is 2.25. The molecule has 270 valence electrons. The Morgan fingerprint density at radius 2 is 1.20 bits per heavy atom. The van der Waals surface area contributed by atoms with Gasteiger partial charge in [0.2, 0.25) is 0 Å². The number of fused-ring (bicyclic) bond motifs is 3. The van der Waals surface area contributed by atoms with Crippen LogP contribution < -0.4 is 11.5 Å². The predicted molar refractivity (Wildman–Crippen MR) is 202 cm³/mol. The topological polar surface area (TPSA) is 185 Å². The fraction of sp³-hybridized carbons (Fsp3) is 0.333. The van der Waals surface area contributed by atoms with Crippen LogP contribution in [0.5, 0.6) is 0 Å². The smallest absolute Gasteiger partial charge is 0.320 e. The van der Waals surface area contributed by atoms with E-state index in [0.717, 1.165) is 38.9 Å². The van der Waals surface area contributed by atoms with Gasteiger partial charge in [-0.1, -0.05) is 42.5 Å². The van der Waals surface area contributed by atoms with Crippen molar-refractivity contribution in [3.05, 3.63) is 110 Å². The van der Waals surface area contributed by atoms with Gasteiger partial charge in [-0.15, -0.1) is 0 Å². The summed E-state index contributed by atoms with van der Waals surface area (Å²) in [5.74, 6) is -2.08. The highest BCUT2D eigenvalue weighted by Crippen LogP contribution is 2.35. The lowest BCUT2D eigenvalue weighted by atomic mass is 10.0. The monoisotopic (exact) mass is 696 g/mol. The van der Waals surface area contributed by atoms with E-state index in [4.69, 9.17) is 21.7 Å². The molecule has 51 heavy (non-hydrogen) atoms. The number of carboxylic acid groups (broad SMARTS) is 2. The lowest BCUT2D eigenvalue weighted by molar-refractivity contribution is -0.383. The molecule has 3 aromatic heterocycles. The van der Waals surface area contributed by atoms with Crippen LogP contribution in [0.2, 0.25) is 0 Å². The predicted octanol–water partition coefficient (Wildman–Crippen LogP) is 6.20. The number of nitrogens with two attached hydrogens (primary N) is 2. The molecule has 0 aliphatic heterocycles. The van der Waals surface area contributed by atoms with Gasteiger partial charge in [-0.3, -0.25) is 19.7 Å². The van der Waals surface area contributed by atoms with Gasteiger partial charge in [0.1, 0.15) is 12.1 Å². The minimum Gasteiger partial charge on any atom is -0.480 e. The number of aromatic nitrogens is 3. The number of aliphatic carboxylic acids is 2. The summed E-state index contributed by atoms with van der Waals surface area (Å²) in [4.78, 5) is 32.7. The lowest BCUT2D eigenvalue weighted by Gasteiger charge is -2.07. The van der Waals surface area contributed by atoms with Crippen LogP contribution in [0.1, 0.15) is 44.9 Å². The third kappa shape index (κ3) is 7.52. The fourth-order valence-corrected chi connectivity index (χ4v) is 6.91. The molecule has 6 aromatic rings. The number of rotatable bonds is 7. The van der Waals surface area contributed by atoms with Crippen LogP contribution in [0.25, 0.3) is 32.7 Å². The molecule has 3 heterocycles. The van der Waals surface area contributed by atoms with Gasteiger partial charge >= 0.3 is 11.9 Å². The zero-order valence-electron chi connectivity index (χ0n) is 30.7. The van der Waals surface area contributed by atoms with Gasteiger partial charge in [0.15, 0.2) is 0 Å². The van der Waals surface area contributed by atoms with E-state index in [0.29, 0.717) is 17.4 Å². The maximum atomic E-state index is 11.3. The molecule has 2 atom stereocenters. The Morgan fingerprint density at radius 3 is 1.75 bits per heavy atom. The molecule has 3 aromatic carbocycles. The molecule has 0 saturated heterocycles. The number of para-hydroxylation sites is 2. The molecule has 6 rings (SSSR count). The van der Waals surface area contributed by atoms with Crippen LogP contribution in [0.4, 0.5) is 5.69 Å². The Kier molecular flexibility index (Phi) is 11.4. The van der Waals surface area contributed by atoms with E-state index >= 15 is 0 Å². The Labute approximate surface area is 297 Å². The normalized spacial score (nSPS) is 12.3. The molecular weight excluding hydrogens is 648 g/mol. The zero-order valence-corrected chi connectivity index (χ0v) is 30.7. The van der Waals surface area contributed by atoms with E-state index < -0.39 is 28.9 Å². The largest absolute Gasteiger partial charge is 0.480 e. The minimum atomic E-state index is -1.12. The summed E-state index contributed by atoms with van der Waals surface area (Å²) >= 11 is 0. The molecule has 6 N–H and O–H groups in total. The molecule has 2 unspecified atom stereocenters. The van der Waals surface area contributed by atoms with Crippen molar-refractivity contribution in [2.24, 2.45) is 32.6 Å². The summed E-state index contributed by atoms with van der Waals surface area (Å²) in [7, 11) is 5.93. The van der Waals surface area contributed by atoms with E-state index in [1.165, 1.54) is 33.8 Å². The van der Waals surface area contributed by atoms with Crippen molar-refractivity contribution in [3.63, 3.8) is 0 Å². The first-order chi connectivity index (χ1) is 23.9. The van der Waals surface area contributed by atoms with Crippen LogP contribution in [0.3, 0.4) is 0 Å². The van der Waals surface area contributed by atoms with Crippen LogP contribution in [0, 0.1) is 51.7 Å².